The largest absolute Gasteiger partial charge is 0.352 e. The van der Waals surface area contributed by atoms with E-state index >= 15 is 0 Å². The number of benzene rings is 2. The zero-order valence-corrected chi connectivity index (χ0v) is 18.1. The molecule has 2 amide bonds. The van der Waals surface area contributed by atoms with E-state index in [0.717, 1.165) is 36.8 Å². The molecule has 0 unspecified atom stereocenters. The average molecular weight is 409 g/mol. The van der Waals surface area contributed by atoms with Crippen LogP contribution < -0.4 is 10.6 Å². The summed E-state index contributed by atoms with van der Waals surface area (Å²) in [5, 5.41) is 5.96. The lowest BCUT2D eigenvalue weighted by Crippen LogP contribution is -2.22. The Balaban J connectivity index is 1.34. The fraction of sp³-hybridized carbons (Fsp3) is 0.462. The summed E-state index contributed by atoms with van der Waals surface area (Å²) in [4.78, 5) is 23.7. The predicted molar refractivity (Wildman–Crippen MR) is 123 cm³/mol. The number of nitrogens with one attached hydrogen (secondary N) is 2. The van der Waals surface area contributed by atoms with Crippen LogP contribution >= 0.6 is 0 Å². The minimum absolute atomic E-state index is 0.143. The van der Waals surface area contributed by atoms with Crippen LogP contribution in [0.15, 0.2) is 60.7 Å². The smallest absolute Gasteiger partial charge is 0.220 e. The Hall–Kier alpha value is -2.62. The normalized spacial score (nSPS) is 10.5. The highest BCUT2D eigenvalue weighted by Crippen LogP contribution is 2.11. The zero-order valence-electron chi connectivity index (χ0n) is 18.1. The Bertz CT molecular complexity index is 653. The van der Waals surface area contributed by atoms with Crippen LogP contribution in [-0.2, 0) is 22.7 Å². The molecule has 162 valence electrons. The third-order valence-electron chi connectivity index (χ3n) is 5.22. The lowest BCUT2D eigenvalue weighted by molar-refractivity contribution is -0.122. The summed E-state index contributed by atoms with van der Waals surface area (Å²) in [6, 6.07) is 20.0. The monoisotopic (exact) mass is 408 g/mol. The van der Waals surface area contributed by atoms with Crippen LogP contribution in [0.5, 0.6) is 0 Å². The van der Waals surface area contributed by atoms with Gasteiger partial charge in [0.25, 0.3) is 0 Å². The maximum Gasteiger partial charge on any atom is 0.220 e. The van der Waals surface area contributed by atoms with Gasteiger partial charge in [-0.15, -0.1) is 0 Å². The Morgan fingerprint density at radius 2 is 0.833 bits per heavy atom. The van der Waals surface area contributed by atoms with Crippen molar-refractivity contribution in [3.8, 4) is 0 Å². The number of unbranched alkanes of at least 4 members (excludes halogenated alkanes) is 7. The molecule has 0 aliphatic rings. The fourth-order valence-electron chi connectivity index (χ4n) is 3.40. The van der Waals surface area contributed by atoms with Gasteiger partial charge in [-0.05, 0) is 24.0 Å². The van der Waals surface area contributed by atoms with E-state index in [1.54, 1.807) is 0 Å². The number of hydrogen-bond acceptors (Lipinski definition) is 2. The van der Waals surface area contributed by atoms with E-state index in [1.165, 1.54) is 25.7 Å². The molecular weight excluding hydrogens is 372 g/mol. The number of amides is 2. The average Bonchev–Trinajstić information content (AvgIpc) is 2.79. The second kappa shape index (κ2) is 15.3. The Kier molecular flexibility index (Phi) is 12.0. The summed E-state index contributed by atoms with van der Waals surface area (Å²) >= 11 is 0. The van der Waals surface area contributed by atoms with Crippen molar-refractivity contribution in [2.75, 3.05) is 0 Å². The van der Waals surface area contributed by atoms with Gasteiger partial charge in [0, 0.05) is 25.9 Å². The molecule has 0 spiro atoms. The van der Waals surface area contributed by atoms with Crippen LogP contribution in [0.3, 0.4) is 0 Å². The van der Waals surface area contributed by atoms with Crippen molar-refractivity contribution in [3.63, 3.8) is 0 Å². The first kappa shape index (κ1) is 23.7. The standard InChI is InChI=1S/C26H36N2O2/c29-25(27-21-23-15-9-7-10-16-23)19-13-5-3-1-2-4-6-14-20-26(30)28-22-24-17-11-8-12-18-24/h7-12,15-18H,1-6,13-14,19-22H2,(H,27,29)(H,28,30). The van der Waals surface area contributed by atoms with E-state index in [1.807, 2.05) is 60.7 Å². The fourth-order valence-corrected chi connectivity index (χ4v) is 3.40. The Morgan fingerprint density at radius 3 is 1.20 bits per heavy atom. The third-order valence-corrected chi connectivity index (χ3v) is 5.22. The van der Waals surface area contributed by atoms with E-state index in [-0.39, 0.29) is 11.8 Å². The van der Waals surface area contributed by atoms with E-state index in [0.29, 0.717) is 25.9 Å². The Morgan fingerprint density at radius 1 is 0.500 bits per heavy atom. The summed E-state index contributed by atoms with van der Waals surface area (Å²) in [5.74, 6) is 0.286. The van der Waals surface area contributed by atoms with Gasteiger partial charge < -0.3 is 10.6 Å². The topological polar surface area (TPSA) is 58.2 Å². The van der Waals surface area contributed by atoms with E-state index in [2.05, 4.69) is 10.6 Å². The molecule has 30 heavy (non-hydrogen) atoms. The number of hydrogen-bond donors (Lipinski definition) is 2. The summed E-state index contributed by atoms with van der Waals surface area (Å²) in [6.45, 7) is 1.23. The molecule has 2 aromatic rings. The lowest BCUT2D eigenvalue weighted by Gasteiger charge is -2.06. The Labute approximate surface area is 181 Å². The molecule has 4 nitrogen and oxygen atoms in total. The summed E-state index contributed by atoms with van der Waals surface area (Å²) in [7, 11) is 0. The molecule has 0 saturated carbocycles. The van der Waals surface area contributed by atoms with Gasteiger partial charge in [0.15, 0.2) is 0 Å². The van der Waals surface area contributed by atoms with Crippen molar-refractivity contribution in [3.05, 3.63) is 71.8 Å². The zero-order chi connectivity index (χ0) is 21.3. The van der Waals surface area contributed by atoms with E-state index in [4.69, 9.17) is 0 Å². The molecule has 2 rings (SSSR count). The molecule has 0 heterocycles. The summed E-state index contributed by atoms with van der Waals surface area (Å²) in [5.41, 5.74) is 2.28. The molecule has 0 radical (unpaired) electrons. The quantitative estimate of drug-likeness (QED) is 0.381. The van der Waals surface area contributed by atoms with Crippen LogP contribution in [0.4, 0.5) is 0 Å². The molecule has 0 fully saturated rings. The van der Waals surface area contributed by atoms with Crippen LogP contribution in [-0.4, -0.2) is 11.8 Å². The third kappa shape index (κ3) is 11.4. The second-order valence-electron chi connectivity index (χ2n) is 7.85. The highest BCUT2D eigenvalue weighted by atomic mass is 16.2. The van der Waals surface area contributed by atoms with Crippen molar-refractivity contribution in [2.45, 2.75) is 77.3 Å². The highest BCUT2D eigenvalue weighted by Gasteiger charge is 2.02. The van der Waals surface area contributed by atoms with Crippen molar-refractivity contribution in [1.29, 1.82) is 0 Å². The maximum absolute atomic E-state index is 11.9. The van der Waals surface area contributed by atoms with E-state index < -0.39 is 0 Å². The van der Waals surface area contributed by atoms with E-state index in [9.17, 15) is 9.59 Å². The SMILES string of the molecule is O=C(CCCCCCCCCCC(=O)NCc1ccccc1)NCc1ccccc1. The van der Waals surface area contributed by atoms with Gasteiger partial charge in [0.2, 0.25) is 11.8 Å². The van der Waals surface area contributed by atoms with Crippen LogP contribution in [0, 0.1) is 0 Å². The number of carbonyl (C=O) groups is 2. The minimum Gasteiger partial charge on any atom is -0.352 e. The molecule has 0 saturated heterocycles. The van der Waals surface area contributed by atoms with Crippen molar-refractivity contribution >= 4 is 11.8 Å². The van der Waals surface area contributed by atoms with Gasteiger partial charge in [-0.3, -0.25) is 9.59 Å². The summed E-state index contributed by atoms with van der Waals surface area (Å²) < 4.78 is 0. The molecule has 0 bridgehead atoms. The summed E-state index contributed by atoms with van der Waals surface area (Å²) in [6.07, 6.45) is 10.2. The molecule has 0 aromatic heterocycles. The first-order chi connectivity index (χ1) is 14.7. The number of rotatable bonds is 15. The highest BCUT2D eigenvalue weighted by molar-refractivity contribution is 5.76. The minimum atomic E-state index is 0.143. The van der Waals surface area contributed by atoms with Gasteiger partial charge in [-0.2, -0.15) is 0 Å². The predicted octanol–water partition coefficient (Wildman–Crippen LogP) is 5.52. The van der Waals surface area contributed by atoms with Gasteiger partial charge in [-0.25, -0.2) is 0 Å². The first-order valence-corrected chi connectivity index (χ1v) is 11.4. The van der Waals surface area contributed by atoms with Gasteiger partial charge in [0.1, 0.15) is 0 Å². The molecule has 0 atom stereocenters. The second-order valence-corrected chi connectivity index (χ2v) is 7.85. The van der Waals surface area contributed by atoms with Crippen LogP contribution in [0.1, 0.15) is 75.3 Å². The van der Waals surface area contributed by atoms with Gasteiger partial charge in [-0.1, -0.05) is 99.2 Å². The van der Waals surface area contributed by atoms with Gasteiger partial charge >= 0.3 is 0 Å². The van der Waals surface area contributed by atoms with Crippen molar-refractivity contribution < 1.29 is 9.59 Å². The molecule has 4 heteroatoms. The van der Waals surface area contributed by atoms with Crippen LogP contribution in [0.25, 0.3) is 0 Å². The van der Waals surface area contributed by atoms with Crippen molar-refractivity contribution in [1.82, 2.24) is 10.6 Å². The lowest BCUT2D eigenvalue weighted by atomic mass is 10.1. The molecular formula is C26H36N2O2. The maximum atomic E-state index is 11.9. The molecule has 0 aliphatic heterocycles. The number of carbonyl (C=O) groups excluding carboxylic acids is 2. The molecule has 2 N–H and O–H groups in total. The first-order valence-electron chi connectivity index (χ1n) is 11.4. The van der Waals surface area contributed by atoms with Gasteiger partial charge in [0.05, 0.1) is 0 Å². The van der Waals surface area contributed by atoms with Crippen molar-refractivity contribution in [2.24, 2.45) is 0 Å². The molecule has 2 aromatic carbocycles. The molecule has 0 aliphatic carbocycles. The van der Waals surface area contributed by atoms with Crippen LogP contribution in [0.2, 0.25) is 0 Å².